The monoisotopic (exact) mass is 235 g/mol. The maximum Gasteiger partial charge on any atom is 0.242 e. The van der Waals surface area contributed by atoms with Crippen molar-refractivity contribution < 1.29 is 9.53 Å². The largest absolute Gasteiger partial charge is 0.377 e. The van der Waals surface area contributed by atoms with E-state index in [2.05, 4.69) is 0 Å². The van der Waals surface area contributed by atoms with E-state index in [1.807, 2.05) is 29.2 Å². The first kappa shape index (κ1) is 11.9. The van der Waals surface area contributed by atoms with Gasteiger partial charge in [0.15, 0.2) is 0 Å². The Bertz CT molecular complexity index is 391. The predicted molar refractivity (Wildman–Crippen MR) is 65.5 cm³/mol. The number of carbonyl (C=O) groups is 1. The van der Waals surface area contributed by atoms with Crippen molar-refractivity contribution in [3.05, 3.63) is 29.8 Å². The van der Waals surface area contributed by atoms with Crippen LogP contribution in [-0.4, -0.2) is 31.7 Å². The van der Waals surface area contributed by atoms with Gasteiger partial charge in [-0.1, -0.05) is 12.1 Å². The van der Waals surface area contributed by atoms with Gasteiger partial charge in [0.05, 0.1) is 13.2 Å². The molecule has 0 bridgehead atoms. The lowest BCUT2D eigenvalue weighted by Gasteiger charge is -2.35. The molecule has 1 aromatic carbocycles. The first-order chi connectivity index (χ1) is 8.22. The Balaban J connectivity index is 2.20. The second kappa shape index (κ2) is 5.16. The molecule has 1 aliphatic heterocycles. The van der Waals surface area contributed by atoms with Crippen LogP contribution in [0.3, 0.4) is 0 Å². The highest BCUT2D eigenvalue weighted by Gasteiger charge is 2.27. The van der Waals surface area contributed by atoms with Gasteiger partial charge < -0.3 is 21.1 Å². The predicted octanol–water partition coefficient (Wildman–Crippen LogP) is -0.164. The first-order valence-electron chi connectivity index (χ1n) is 5.65. The van der Waals surface area contributed by atoms with Gasteiger partial charge in [0, 0.05) is 18.8 Å². The Morgan fingerprint density at radius 1 is 1.41 bits per heavy atom. The molecule has 0 aromatic heterocycles. The van der Waals surface area contributed by atoms with Crippen LogP contribution < -0.4 is 16.4 Å². The van der Waals surface area contributed by atoms with Gasteiger partial charge in [-0.25, -0.2) is 0 Å². The molecule has 1 atom stereocenters. The molecule has 5 heteroatoms. The summed E-state index contributed by atoms with van der Waals surface area (Å²) < 4.78 is 5.28. The third-order valence-electron chi connectivity index (χ3n) is 2.96. The van der Waals surface area contributed by atoms with Crippen molar-refractivity contribution in [2.45, 2.75) is 12.6 Å². The van der Waals surface area contributed by atoms with Gasteiger partial charge >= 0.3 is 0 Å². The number of anilines is 1. The molecule has 0 radical (unpaired) electrons. The summed E-state index contributed by atoms with van der Waals surface area (Å²) in [5.41, 5.74) is 13.0. The molecule has 2 rings (SSSR count). The van der Waals surface area contributed by atoms with Crippen molar-refractivity contribution in [2.24, 2.45) is 11.5 Å². The maximum atomic E-state index is 11.3. The molecular weight excluding hydrogens is 218 g/mol. The molecule has 4 N–H and O–H groups in total. The van der Waals surface area contributed by atoms with Crippen LogP contribution in [0.1, 0.15) is 5.56 Å². The van der Waals surface area contributed by atoms with Crippen LogP contribution in [0.15, 0.2) is 24.3 Å². The number of benzene rings is 1. The molecule has 5 nitrogen and oxygen atoms in total. The van der Waals surface area contributed by atoms with Gasteiger partial charge in [0.25, 0.3) is 0 Å². The van der Waals surface area contributed by atoms with E-state index in [4.69, 9.17) is 16.2 Å². The van der Waals surface area contributed by atoms with Crippen LogP contribution in [0.2, 0.25) is 0 Å². The molecule has 1 amide bonds. The minimum Gasteiger partial charge on any atom is -0.377 e. The minimum absolute atomic E-state index is 0.354. The molecule has 0 spiro atoms. The molecule has 17 heavy (non-hydrogen) atoms. The summed E-state index contributed by atoms with van der Waals surface area (Å²) in [6, 6.07) is 7.46. The Hall–Kier alpha value is -1.59. The van der Waals surface area contributed by atoms with Crippen molar-refractivity contribution in [1.29, 1.82) is 0 Å². The van der Waals surface area contributed by atoms with E-state index in [1.165, 1.54) is 0 Å². The third-order valence-corrected chi connectivity index (χ3v) is 2.96. The summed E-state index contributed by atoms with van der Waals surface area (Å²) >= 11 is 0. The zero-order valence-corrected chi connectivity index (χ0v) is 9.63. The maximum absolute atomic E-state index is 11.3. The Morgan fingerprint density at radius 2 is 2.12 bits per heavy atom. The van der Waals surface area contributed by atoms with Gasteiger partial charge in [-0.2, -0.15) is 0 Å². The Labute approximate surface area is 100 Å². The second-order valence-electron chi connectivity index (χ2n) is 4.06. The van der Waals surface area contributed by atoms with Gasteiger partial charge in [0.1, 0.15) is 6.04 Å². The van der Waals surface area contributed by atoms with E-state index >= 15 is 0 Å². The van der Waals surface area contributed by atoms with Crippen LogP contribution in [0, 0.1) is 0 Å². The molecule has 1 fully saturated rings. The van der Waals surface area contributed by atoms with Crippen LogP contribution in [0.4, 0.5) is 5.69 Å². The molecule has 1 aliphatic rings. The molecule has 1 heterocycles. The van der Waals surface area contributed by atoms with E-state index in [9.17, 15) is 4.79 Å². The lowest BCUT2D eigenvalue weighted by Crippen LogP contribution is -2.52. The van der Waals surface area contributed by atoms with Crippen molar-refractivity contribution in [3.63, 3.8) is 0 Å². The number of hydrogen-bond donors (Lipinski definition) is 2. The average molecular weight is 235 g/mol. The van der Waals surface area contributed by atoms with E-state index in [0.717, 1.165) is 11.3 Å². The molecular formula is C12H17N3O2. The number of nitrogens with two attached hydrogens (primary N) is 2. The molecule has 1 aromatic rings. The van der Waals surface area contributed by atoms with E-state index < -0.39 is 0 Å². The normalized spacial score (nSPS) is 20.3. The summed E-state index contributed by atoms with van der Waals surface area (Å²) in [7, 11) is 0. The summed E-state index contributed by atoms with van der Waals surface area (Å²) in [6.45, 7) is 2.16. The van der Waals surface area contributed by atoms with Crippen LogP contribution in [-0.2, 0) is 16.1 Å². The number of morpholine rings is 1. The first-order valence-corrected chi connectivity index (χ1v) is 5.65. The van der Waals surface area contributed by atoms with Crippen molar-refractivity contribution in [2.75, 3.05) is 24.7 Å². The highest BCUT2D eigenvalue weighted by Crippen LogP contribution is 2.20. The summed E-state index contributed by atoms with van der Waals surface area (Å²) in [6.07, 6.45) is 0. The Morgan fingerprint density at radius 3 is 2.71 bits per heavy atom. The second-order valence-corrected chi connectivity index (χ2v) is 4.06. The van der Waals surface area contributed by atoms with Gasteiger partial charge in [-0.3, -0.25) is 4.79 Å². The zero-order valence-electron chi connectivity index (χ0n) is 9.63. The van der Waals surface area contributed by atoms with Crippen molar-refractivity contribution in [3.8, 4) is 0 Å². The number of ether oxygens (including phenoxy) is 1. The number of hydrogen-bond acceptors (Lipinski definition) is 4. The van der Waals surface area contributed by atoms with E-state index in [-0.39, 0.29) is 11.9 Å². The quantitative estimate of drug-likeness (QED) is 0.762. The summed E-state index contributed by atoms with van der Waals surface area (Å²) in [5.74, 6) is -0.354. The molecule has 1 unspecified atom stereocenters. The Kier molecular flexibility index (Phi) is 3.61. The van der Waals surface area contributed by atoms with Gasteiger partial charge in [-0.15, -0.1) is 0 Å². The smallest absolute Gasteiger partial charge is 0.242 e. The van der Waals surface area contributed by atoms with Crippen molar-refractivity contribution >= 4 is 11.6 Å². The number of nitrogens with zero attached hydrogens (tertiary/aromatic N) is 1. The van der Waals surface area contributed by atoms with Crippen LogP contribution in [0.25, 0.3) is 0 Å². The van der Waals surface area contributed by atoms with Gasteiger partial charge in [0.2, 0.25) is 5.91 Å². The highest BCUT2D eigenvalue weighted by molar-refractivity contribution is 5.84. The fourth-order valence-electron chi connectivity index (χ4n) is 1.97. The third kappa shape index (κ3) is 2.57. The number of primary amides is 1. The molecule has 0 saturated carbocycles. The molecule has 92 valence electrons. The fourth-order valence-corrected chi connectivity index (χ4v) is 1.97. The van der Waals surface area contributed by atoms with Gasteiger partial charge in [-0.05, 0) is 17.7 Å². The highest BCUT2D eigenvalue weighted by atomic mass is 16.5. The average Bonchev–Trinajstić information content (AvgIpc) is 2.39. The number of rotatable bonds is 3. The topological polar surface area (TPSA) is 81.6 Å². The standard InChI is InChI=1S/C12H17N3O2/c13-7-9-1-3-10(4-2-9)15-5-6-17-8-11(15)12(14)16/h1-4,11H,5-8,13H2,(H2,14,16). The SMILES string of the molecule is NCc1ccc(N2CCOCC2C(N)=O)cc1. The fraction of sp³-hybridized carbons (Fsp3) is 0.417. The lowest BCUT2D eigenvalue weighted by atomic mass is 10.1. The lowest BCUT2D eigenvalue weighted by molar-refractivity contribution is -0.121. The van der Waals surface area contributed by atoms with E-state index in [0.29, 0.717) is 26.3 Å². The number of amides is 1. The summed E-state index contributed by atoms with van der Waals surface area (Å²) in [5, 5.41) is 0. The van der Waals surface area contributed by atoms with Crippen LogP contribution >= 0.6 is 0 Å². The van der Waals surface area contributed by atoms with E-state index in [1.54, 1.807) is 0 Å². The number of carbonyl (C=O) groups excluding carboxylic acids is 1. The summed E-state index contributed by atoms with van der Waals surface area (Å²) in [4.78, 5) is 13.3. The molecule has 0 aliphatic carbocycles. The molecule has 1 saturated heterocycles. The van der Waals surface area contributed by atoms with Crippen molar-refractivity contribution in [1.82, 2.24) is 0 Å². The van der Waals surface area contributed by atoms with Crippen LogP contribution in [0.5, 0.6) is 0 Å². The minimum atomic E-state index is -0.382. The zero-order chi connectivity index (χ0) is 12.3.